The van der Waals surface area contributed by atoms with Crippen molar-refractivity contribution in [2.24, 2.45) is 0 Å². The molecule has 2 unspecified atom stereocenters. The van der Waals surface area contributed by atoms with Crippen LogP contribution < -0.4 is 4.72 Å². The minimum absolute atomic E-state index is 0.0943. The number of carbonyl (C=O) groups excluding carboxylic acids is 1. The van der Waals surface area contributed by atoms with Gasteiger partial charge in [-0.25, -0.2) is 13.7 Å². The minimum Gasteiger partial charge on any atom is -0.464 e. The van der Waals surface area contributed by atoms with Crippen molar-refractivity contribution in [1.29, 1.82) is 0 Å². The molecule has 0 aromatic heterocycles. The van der Waals surface area contributed by atoms with Crippen molar-refractivity contribution in [3.8, 4) is 0 Å². The summed E-state index contributed by atoms with van der Waals surface area (Å²) in [6.07, 6.45) is 0. The van der Waals surface area contributed by atoms with E-state index in [0.29, 0.717) is 0 Å². The maximum atomic E-state index is 12.7. The maximum absolute atomic E-state index is 12.7. The highest BCUT2D eigenvalue weighted by molar-refractivity contribution is 7.84. The first-order valence-electron chi connectivity index (χ1n) is 6.85. The van der Waals surface area contributed by atoms with Crippen LogP contribution in [0.25, 0.3) is 0 Å². The standard InChI is InChI=1S/C12H26NO6PS/c1-7-17-11(14)10(13-21(16)12(4,5)6)20(15,18-8-2)19-9-3/h10,13H,7-9H2,1-6H3. The van der Waals surface area contributed by atoms with Gasteiger partial charge in [-0.3, -0.25) is 4.57 Å². The molecule has 21 heavy (non-hydrogen) atoms. The van der Waals surface area contributed by atoms with Crippen LogP contribution in [0.2, 0.25) is 0 Å². The van der Waals surface area contributed by atoms with E-state index in [1.807, 2.05) is 0 Å². The van der Waals surface area contributed by atoms with Crippen molar-refractivity contribution >= 4 is 24.6 Å². The SMILES string of the molecule is CCOC(=O)C(NS(=O)C(C)(C)C)P(=O)(OCC)OCC. The number of nitrogens with one attached hydrogen (secondary N) is 1. The lowest BCUT2D eigenvalue weighted by atomic mass is 10.3. The van der Waals surface area contributed by atoms with Crippen LogP contribution in [0.1, 0.15) is 41.5 Å². The van der Waals surface area contributed by atoms with Crippen LogP contribution in [0.15, 0.2) is 0 Å². The van der Waals surface area contributed by atoms with Gasteiger partial charge in [0, 0.05) is 0 Å². The number of esters is 1. The van der Waals surface area contributed by atoms with Crippen LogP contribution in [-0.4, -0.2) is 40.5 Å². The van der Waals surface area contributed by atoms with Crippen LogP contribution in [-0.2, 0) is 34.1 Å². The number of ether oxygens (including phenoxy) is 1. The Labute approximate surface area is 129 Å². The largest absolute Gasteiger partial charge is 0.464 e. The molecule has 1 N–H and O–H groups in total. The summed E-state index contributed by atoms with van der Waals surface area (Å²) < 4.78 is 42.0. The Balaban J connectivity index is 5.43. The van der Waals surface area contributed by atoms with Crippen LogP contribution >= 0.6 is 7.60 Å². The van der Waals surface area contributed by atoms with E-state index >= 15 is 0 Å². The third kappa shape index (κ3) is 6.57. The molecule has 0 spiro atoms. The van der Waals surface area contributed by atoms with E-state index in [2.05, 4.69) is 4.72 Å². The highest BCUT2D eigenvalue weighted by atomic mass is 32.2. The Bertz CT molecular complexity index is 399. The highest BCUT2D eigenvalue weighted by Gasteiger charge is 2.44. The van der Waals surface area contributed by atoms with Gasteiger partial charge < -0.3 is 13.8 Å². The summed E-state index contributed by atoms with van der Waals surface area (Å²) in [6, 6.07) is 0. The first kappa shape index (κ1) is 20.7. The highest BCUT2D eigenvalue weighted by Crippen LogP contribution is 2.52. The van der Waals surface area contributed by atoms with Crippen molar-refractivity contribution in [2.45, 2.75) is 52.1 Å². The van der Waals surface area contributed by atoms with Gasteiger partial charge >= 0.3 is 13.6 Å². The van der Waals surface area contributed by atoms with Gasteiger partial charge in [0.2, 0.25) is 5.78 Å². The van der Waals surface area contributed by atoms with Gasteiger partial charge in [-0.15, -0.1) is 0 Å². The Morgan fingerprint density at radius 2 is 1.62 bits per heavy atom. The normalized spacial score (nSPS) is 15.5. The predicted octanol–water partition coefficient (Wildman–Crippen LogP) is 2.19. The van der Waals surface area contributed by atoms with Crippen LogP contribution in [0, 0.1) is 0 Å². The Kier molecular flexibility index (Phi) is 8.89. The zero-order valence-electron chi connectivity index (χ0n) is 13.5. The lowest BCUT2D eigenvalue weighted by Gasteiger charge is -2.27. The number of hydrogen-bond acceptors (Lipinski definition) is 6. The van der Waals surface area contributed by atoms with Crippen molar-refractivity contribution in [1.82, 2.24) is 4.72 Å². The van der Waals surface area contributed by atoms with Gasteiger partial charge in [-0.05, 0) is 41.5 Å². The van der Waals surface area contributed by atoms with Crippen LogP contribution in [0.5, 0.6) is 0 Å². The molecule has 0 saturated carbocycles. The topological polar surface area (TPSA) is 90.9 Å². The first-order valence-corrected chi connectivity index (χ1v) is 9.62. The molecule has 0 aliphatic carbocycles. The summed E-state index contributed by atoms with van der Waals surface area (Å²) in [5, 5.41) is 0. The molecule has 0 saturated heterocycles. The van der Waals surface area contributed by atoms with Gasteiger partial charge in [0.05, 0.1) is 35.6 Å². The zero-order valence-corrected chi connectivity index (χ0v) is 15.2. The first-order chi connectivity index (χ1) is 9.62. The Morgan fingerprint density at radius 3 is 1.95 bits per heavy atom. The van der Waals surface area contributed by atoms with E-state index in [1.165, 1.54) is 0 Å². The molecule has 126 valence electrons. The van der Waals surface area contributed by atoms with Crippen LogP contribution in [0.4, 0.5) is 0 Å². The second-order valence-electron chi connectivity index (χ2n) is 5.03. The fourth-order valence-electron chi connectivity index (χ4n) is 1.29. The van der Waals surface area contributed by atoms with E-state index in [1.54, 1.807) is 41.5 Å². The van der Waals surface area contributed by atoms with E-state index in [9.17, 15) is 13.6 Å². The fourth-order valence-corrected chi connectivity index (χ4v) is 4.17. The molecule has 0 aromatic carbocycles. The molecule has 0 bridgehead atoms. The summed E-state index contributed by atoms with van der Waals surface area (Å²) in [6.45, 7) is 10.4. The monoisotopic (exact) mass is 343 g/mol. The Hall–Kier alpha value is -0.270. The van der Waals surface area contributed by atoms with Gasteiger partial charge in [-0.1, -0.05) is 0 Å². The molecule has 0 fully saturated rings. The molecule has 7 nitrogen and oxygen atoms in total. The minimum atomic E-state index is -3.82. The molecule has 0 heterocycles. The average Bonchev–Trinajstić information content (AvgIpc) is 2.35. The predicted molar refractivity (Wildman–Crippen MR) is 82.3 cm³/mol. The molecule has 0 radical (unpaired) electrons. The van der Waals surface area contributed by atoms with Crippen LogP contribution in [0.3, 0.4) is 0 Å². The van der Waals surface area contributed by atoms with Gasteiger partial charge in [0.15, 0.2) is 0 Å². The lowest BCUT2D eigenvalue weighted by Crippen LogP contribution is -2.45. The summed E-state index contributed by atoms with van der Waals surface area (Å²) in [5.74, 6) is -2.22. The number of hydrogen-bond donors (Lipinski definition) is 1. The summed E-state index contributed by atoms with van der Waals surface area (Å²) in [4.78, 5) is 12.1. The molecule has 0 aliphatic rings. The molecule has 0 aliphatic heterocycles. The molecule has 9 heteroatoms. The molecule has 0 rings (SSSR count). The van der Waals surface area contributed by atoms with Gasteiger partial charge in [-0.2, -0.15) is 0 Å². The summed E-state index contributed by atoms with van der Waals surface area (Å²) in [5.41, 5.74) is 0. The van der Waals surface area contributed by atoms with E-state index in [0.717, 1.165) is 0 Å². The third-order valence-corrected chi connectivity index (χ3v) is 6.16. The second kappa shape index (κ2) is 9.00. The van der Waals surface area contributed by atoms with E-state index in [-0.39, 0.29) is 19.8 Å². The fraction of sp³-hybridized carbons (Fsp3) is 0.917. The summed E-state index contributed by atoms with van der Waals surface area (Å²) >= 11 is 0. The second-order valence-corrected chi connectivity index (χ2v) is 9.14. The summed E-state index contributed by atoms with van der Waals surface area (Å²) in [7, 11) is -5.45. The lowest BCUT2D eigenvalue weighted by molar-refractivity contribution is -0.143. The smallest absolute Gasteiger partial charge is 0.359 e. The molecule has 0 amide bonds. The van der Waals surface area contributed by atoms with E-state index in [4.69, 9.17) is 13.8 Å². The van der Waals surface area contributed by atoms with Crippen molar-refractivity contribution in [3.05, 3.63) is 0 Å². The maximum Gasteiger partial charge on any atom is 0.359 e. The van der Waals surface area contributed by atoms with Crippen molar-refractivity contribution in [3.63, 3.8) is 0 Å². The quantitative estimate of drug-likeness (QED) is 0.510. The zero-order chi connectivity index (χ0) is 16.7. The van der Waals surface area contributed by atoms with Crippen molar-refractivity contribution < 1.29 is 27.4 Å². The molecule has 0 aromatic rings. The molecular formula is C12H26NO6PS. The van der Waals surface area contributed by atoms with Gasteiger partial charge in [0.1, 0.15) is 0 Å². The number of rotatable bonds is 9. The molecular weight excluding hydrogens is 317 g/mol. The van der Waals surface area contributed by atoms with E-state index < -0.39 is 35.1 Å². The molecule has 2 atom stereocenters. The average molecular weight is 343 g/mol. The number of carbonyl (C=O) groups is 1. The third-order valence-electron chi connectivity index (χ3n) is 2.22. The van der Waals surface area contributed by atoms with Crippen molar-refractivity contribution in [2.75, 3.05) is 19.8 Å². The van der Waals surface area contributed by atoms with Gasteiger partial charge in [0.25, 0.3) is 0 Å². The Morgan fingerprint density at radius 1 is 1.14 bits per heavy atom.